The zero-order valence-corrected chi connectivity index (χ0v) is 19.1. The van der Waals surface area contributed by atoms with Gasteiger partial charge in [0, 0.05) is 41.6 Å². The minimum absolute atomic E-state index is 0.258. The topological polar surface area (TPSA) is 87.2 Å². The van der Waals surface area contributed by atoms with Crippen LogP contribution in [0.3, 0.4) is 0 Å². The van der Waals surface area contributed by atoms with Gasteiger partial charge in [0.2, 0.25) is 5.95 Å². The van der Waals surface area contributed by atoms with Crippen LogP contribution in [0.5, 0.6) is 0 Å². The Balaban J connectivity index is 1.34. The lowest BCUT2D eigenvalue weighted by atomic mass is 10.1. The molecular formula is C25H25N5O2S. The van der Waals surface area contributed by atoms with Crippen LogP contribution in [0.25, 0.3) is 10.8 Å². The van der Waals surface area contributed by atoms with Crippen molar-refractivity contribution >= 4 is 43.9 Å². The third-order valence-corrected chi connectivity index (χ3v) is 7.12. The van der Waals surface area contributed by atoms with E-state index in [0.717, 1.165) is 48.6 Å². The van der Waals surface area contributed by atoms with Crippen LogP contribution in [0.2, 0.25) is 0 Å². The summed E-state index contributed by atoms with van der Waals surface area (Å²) in [6, 6.07) is 21.8. The maximum absolute atomic E-state index is 13.0. The molecular weight excluding hydrogens is 434 g/mol. The lowest BCUT2D eigenvalue weighted by Gasteiger charge is -2.17. The molecule has 3 aromatic carbocycles. The molecule has 1 saturated heterocycles. The molecule has 0 amide bonds. The standard InChI is InChI=1S/C25H25N5O2S/c1-18-17-24(28-25(26-18)30-15-4-5-16-30)27-20-11-13-21(14-12-20)29-33(31,32)23-10-6-8-19-7-2-3-9-22(19)23/h2-3,6-14,17,29H,4-5,15-16H2,1H3,(H,26,27,28). The number of benzene rings is 3. The lowest BCUT2D eigenvalue weighted by Crippen LogP contribution is -2.21. The van der Waals surface area contributed by atoms with Gasteiger partial charge in [0.25, 0.3) is 10.0 Å². The Morgan fingerprint density at radius 3 is 2.33 bits per heavy atom. The number of sulfonamides is 1. The summed E-state index contributed by atoms with van der Waals surface area (Å²) in [6.07, 6.45) is 2.33. The first kappa shape index (κ1) is 21.2. The predicted molar refractivity (Wildman–Crippen MR) is 133 cm³/mol. The van der Waals surface area contributed by atoms with E-state index in [1.165, 1.54) is 0 Å². The van der Waals surface area contributed by atoms with E-state index < -0.39 is 10.0 Å². The van der Waals surface area contributed by atoms with E-state index in [1.807, 2.05) is 55.5 Å². The Labute approximate surface area is 193 Å². The summed E-state index contributed by atoms with van der Waals surface area (Å²) in [7, 11) is -3.73. The molecule has 1 aromatic heterocycles. The number of aryl methyl sites for hydroxylation is 1. The number of nitrogens with zero attached hydrogens (tertiary/aromatic N) is 3. The third-order valence-electron chi connectivity index (χ3n) is 5.68. The lowest BCUT2D eigenvalue weighted by molar-refractivity contribution is 0.602. The van der Waals surface area contributed by atoms with Crippen molar-refractivity contribution in [2.24, 2.45) is 0 Å². The largest absolute Gasteiger partial charge is 0.341 e. The minimum atomic E-state index is -3.73. The van der Waals surface area contributed by atoms with Crippen molar-refractivity contribution in [1.29, 1.82) is 0 Å². The highest BCUT2D eigenvalue weighted by Gasteiger charge is 2.18. The molecule has 1 aliphatic heterocycles. The molecule has 7 nitrogen and oxygen atoms in total. The molecule has 168 valence electrons. The molecule has 0 bridgehead atoms. The van der Waals surface area contributed by atoms with Gasteiger partial charge in [-0.25, -0.2) is 13.4 Å². The second kappa shape index (κ2) is 8.71. The number of hydrogen-bond donors (Lipinski definition) is 2. The fourth-order valence-electron chi connectivity index (χ4n) is 4.09. The smallest absolute Gasteiger partial charge is 0.262 e. The summed E-state index contributed by atoms with van der Waals surface area (Å²) in [5.74, 6) is 1.46. The minimum Gasteiger partial charge on any atom is -0.341 e. The fourth-order valence-corrected chi connectivity index (χ4v) is 5.37. The highest BCUT2D eigenvalue weighted by molar-refractivity contribution is 7.93. The Bertz CT molecular complexity index is 1390. The van der Waals surface area contributed by atoms with Gasteiger partial charge < -0.3 is 10.2 Å². The van der Waals surface area contributed by atoms with Crippen LogP contribution in [0.1, 0.15) is 18.5 Å². The number of anilines is 4. The Morgan fingerprint density at radius 1 is 0.848 bits per heavy atom. The van der Waals surface area contributed by atoms with Gasteiger partial charge in [0.05, 0.1) is 4.90 Å². The number of aromatic nitrogens is 2. The molecule has 2 N–H and O–H groups in total. The van der Waals surface area contributed by atoms with Gasteiger partial charge in [0.15, 0.2) is 0 Å². The molecule has 33 heavy (non-hydrogen) atoms. The second-order valence-corrected chi connectivity index (χ2v) is 9.82. The molecule has 0 radical (unpaired) electrons. The summed E-state index contributed by atoms with van der Waals surface area (Å²) in [4.78, 5) is 11.7. The first-order valence-corrected chi connectivity index (χ1v) is 12.4. The van der Waals surface area contributed by atoms with Gasteiger partial charge in [-0.1, -0.05) is 36.4 Å². The number of hydrogen-bond acceptors (Lipinski definition) is 6. The van der Waals surface area contributed by atoms with Crippen LogP contribution >= 0.6 is 0 Å². The maximum Gasteiger partial charge on any atom is 0.262 e. The first-order chi connectivity index (χ1) is 16.0. The summed E-state index contributed by atoms with van der Waals surface area (Å²) in [6.45, 7) is 3.92. The van der Waals surface area contributed by atoms with Gasteiger partial charge in [-0.2, -0.15) is 4.98 Å². The maximum atomic E-state index is 13.0. The van der Waals surface area contributed by atoms with Crippen LogP contribution in [0, 0.1) is 6.92 Å². The fraction of sp³-hybridized carbons (Fsp3) is 0.200. The molecule has 8 heteroatoms. The van der Waals surface area contributed by atoms with E-state index in [0.29, 0.717) is 16.9 Å². The highest BCUT2D eigenvalue weighted by atomic mass is 32.2. The number of nitrogens with one attached hydrogen (secondary N) is 2. The van der Waals surface area contributed by atoms with E-state index in [2.05, 4.69) is 24.9 Å². The van der Waals surface area contributed by atoms with Crippen molar-refractivity contribution < 1.29 is 8.42 Å². The van der Waals surface area contributed by atoms with E-state index >= 15 is 0 Å². The van der Waals surface area contributed by atoms with Crippen LogP contribution in [0.4, 0.5) is 23.1 Å². The zero-order chi connectivity index (χ0) is 22.8. The van der Waals surface area contributed by atoms with Gasteiger partial charge >= 0.3 is 0 Å². The summed E-state index contributed by atoms with van der Waals surface area (Å²) in [5, 5.41) is 4.88. The van der Waals surface area contributed by atoms with Crippen molar-refractivity contribution in [3.8, 4) is 0 Å². The molecule has 5 rings (SSSR count). The van der Waals surface area contributed by atoms with Gasteiger partial charge in [-0.05, 0) is 55.5 Å². The normalized spacial score (nSPS) is 13.9. The molecule has 4 aromatic rings. The second-order valence-electron chi connectivity index (χ2n) is 8.17. The van der Waals surface area contributed by atoms with Crippen molar-refractivity contribution in [1.82, 2.24) is 9.97 Å². The Kier molecular flexibility index (Phi) is 5.60. The van der Waals surface area contributed by atoms with Gasteiger partial charge in [-0.3, -0.25) is 4.72 Å². The molecule has 1 fully saturated rings. The highest BCUT2D eigenvalue weighted by Crippen LogP contribution is 2.26. The monoisotopic (exact) mass is 459 g/mol. The molecule has 0 atom stereocenters. The summed E-state index contributed by atoms with van der Waals surface area (Å²) >= 11 is 0. The van der Waals surface area contributed by atoms with Crippen LogP contribution in [0.15, 0.2) is 77.7 Å². The molecule has 0 spiro atoms. The Hall–Kier alpha value is -3.65. The quantitative estimate of drug-likeness (QED) is 0.418. The van der Waals surface area contributed by atoms with Crippen LogP contribution in [-0.2, 0) is 10.0 Å². The van der Waals surface area contributed by atoms with Crippen molar-refractivity contribution in [3.05, 3.63) is 78.5 Å². The summed E-state index contributed by atoms with van der Waals surface area (Å²) < 4.78 is 28.8. The van der Waals surface area contributed by atoms with E-state index in [4.69, 9.17) is 0 Å². The molecule has 2 heterocycles. The SMILES string of the molecule is Cc1cc(Nc2ccc(NS(=O)(=O)c3cccc4ccccc34)cc2)nc(N2CCCC2)n1. The van der Waals surface area contributed by atoms with Crippen LogP contribution < -0.4 is 14.9 Å². The van der Waals surface area contributed by atoms with Crippen molar-refractivity contribution in [2.45, 2.75) is 24.7 Å². The molecule has 0 saturated carbocycles. The first-order valence-electron chi connectivity index (χ1n) is 11.0. The Morgan fingerprint density at radius 2 is 1.55 bits per heavy atom. The number of rotatable bonds is 6. The molecule has 0 aliphatic carbocycles. The zero-order valence-electron chi connectivity index (χ0n) is 18.3. The third kappa shape index (κ3) is 4.61. The molecule has 1 aliphatic rings. The van der Waals surface area contributed by atoms with E-state index in [9.17, 15) is 8.42 Å². The predicted octanol–water partition coefficient (Wildman–Crippen LogP) is 5.08. The van der Waals surface area contributed by atoms with Crippen molar-refractivity contribution in [2.75, 3.05) is 28.0 Å². The van der Waals surface area contributed by atoms with Gasteiger partial charge in [0.1, 0.15) is 5.82 Å². The number of fused-ring (bicyclic) bond motifs is 1. The average molecular weight is 460 g/mol. The molecule has 0 unspecified atom stereocenters. The van der Waals surface area contributed by atoms with E-state index in [-0.39, 0.29) is 4.90 Å². The van der Waals surface area contributed by atoms with E-state index in [1.54, 1.807) is 24.3 Å². The van der Waals surface area contributed by atoms with Crippen LogP contribution in [-0.4, -0.2) is 31.5 Å². The van der Waals surface area contributed by atoms with Gasteiger partial charge in [-0.15, -0.1) is 0 Å². The van der Waals surface area contributed by atoms with Crippen molar-refractivity contribution in [3.63, 3.8) is 0 Å². The average Bonchev–Trinajstić information content (AvgIpc) is 3.35. The summed E-state index contributed by atoms with van der Waals surface area (Å²) in [5.41, 5.74) is 2.20.